The van der Waals surface area contributed by atoms with E-state index in [0.29, 0.717) is 12.0 Å². The SMILES string of the molecule is CCC(N)Cc1nccn1Cc1cc(F)ccc1[N+](=O)[O-]. The molecule has 2 rings (SSSR count). The van der Waals surface area contributed by atoms with E-state index in [1.54, 1.807) is 17.0 Å². The molecule has 1 atom stereocenters. The molecule has 6 nitrogen and oxygen atoms in total. The second-order valence-electron chi connectivity index (χ2n) is 4.87. The van der Waals surface area contributed by atoms with Crippen molar-refractivity contribution in [1.82, 2.24) is 9.55 Å². The summed E-state index contributed by atoms with van der Waals surface area (Å²) < 4.78 is 15.1. The van der Waals surface area contributed by atoms with Crippen molar-refractivity contribution in [3.05, 3.63) is 57.9 Å². The fraction of sp³-hybridized carbons (Fsp3) is 0.357. The van der Waals surface area contributed by atoms with Gasteiger partial charge in [0.05, 0.1) is 17.0 Å². The van der Waals surface area contributed by atoms with Gasteiger partial charge >= 0.3 is 0 Å². The van der Waals surface area contributed by atoms with Gasteiger partial charge < -0.3 is 10.3 Å². The van der Waals surface area contributed by atoms with Gasteiger partial charge in [0.15, 0.2) is 0 Å². The van der Waals surface area contributed by atoms with Crippen LogP contribution in [0, 0.1) is 15.9 Å². The minimum Gasteiger partial charge on any atom is -0.330 e. The molecular formula is C14H17FN4O2. The number of nitro benzene ring substituents is 1. The van der Waals surface area contributed by atoms with Crippen molar-refractivity contribution < 1.29 is 9.31 Å². The second kappa shape index (κ2) is 6.45. The molecule has 0 fully saturated rings. The van der Waals surface area contributed by atoms with Crippen LogP contribution in [-0.4, -0.2) is 20.5 Å². The van der Waals surface area contributed by atoms with E-state index in [2.05, 4.69) is 4.98 Å². The molecule has 1 heterocycles. The molecule has 7 heteroatoms. The van der Waals surface area contributed by atoms with E-state index in [4.69, 9.17) is 5.73 Å². The lowest BCUT2D eigenvalue weighted by Crippen LogP contribution is -2.23. The number of nitrogens with zero attached hydrogens (tertiary/aromatic N) is 3. The van der Waals surface area contributed by atoms with Crippen LogP contribution in [0.15, 0.2) is 30.6 Å². The van der Waals surface area contributed by atoms with Crippen molar-refractivity contribution in [2.24, 2.45) is 5.73 Å². The fourth-order valence-electron chi connectivity index (χ4n) is 2.10. The largest absolute Gasteiger partial charge is 0.330 e. The van der Waals surface area contributed by atoms with Gasteiger partial charge in [-0.25, -0.2) is 9.37 Å². The third-order valence-electron chi connectivity index (χ3n) is 3.35. The Hall–Kier alpha value is -2.28. The first-order valence-corrected chi connectivity index (χ1v) is 6.69. The highest BCUT2D eigenvalue weighted by molar-refractivity contribution is 5.40. The maximum atomic E-state index is 13.3. The first-order chi connectivity index (χ1) is 10.0. The molecule has 2 N–H and O–H groups in total. The van der Waals surface area contributed by atoms with Gasteiger partial charge in [-0.3, -0.25) is 10.1 Å². The first-order valence-electron chi connectivity index (χ1n) is 6.69. The molecule has 1 unspecified atom stereocenters. The van der Waals surface area contributed by atoms with E-state index < -0.39 is 10.7 Å². The summed E-state index contributed by atoms with van der Waals surface area (Å²) in [4.78, 5) is 14.7. The van der Waals surface area contributed by atoms with Crippen molar-refractivity contribution in [3.8, 4) is 0 Å². The Morgan fingerprint density at radius 3 is 2.95 bits per heavy atom. The Balaban J connectivity index is 2.28. The highest BCUT2D eigenvalue weighted by Gasteiger charge is 2.16. The highest BCUT2D eigenvalue weighted by Crippen LogP contribution is 2.21. The monoisotopic (exact) mass is 292 g/mol. The van der Waals surface area contributed by atoms with Crippen molar-refractivity contribution in [2.75, 3.05) is 0 Å². The number of imidazole rings is 1. The third-order valence-corrected chi connectivity index (χ3v) is 3.35. The summed E-state index contributed by atoms with van der Waals surface area (Å²) in [6.07, 6.45) is 4.72. The van der Waals surface area contributed by atoms with Crippen LogP contribution >= 0.6 is 0 Å². The van der Waals surface area contributed by atoms with E-state index in [0.717, 1.165) is 18.3 Å². The standard InChI is InChI=1S/C14H17FN4O2/c1-2-12(16)8-14-17-5-6-18(14)9-10-7-11(15)3-4-13(10)19(20)21/h3-7,12H,2,8-9,16H2,1H3. The molecule has 0 aliphatic heterocycles. The predicted molar refractivity (Wildman–Crippen MR) is 76.4 cm³/mol. The van der Waals surface area contributed by atoms with Crippen LogP contribution in [0.3, 0.4) is 0 Å². The molecule has 0 saturated carbocycles. The lowest BCUT2D eigenvalue weighted by molar-refractivity contribution is -0.385. The number of nitro groups is 1. The van der Waals surface area contributed by atoms with Gasteiger partial charge in [0, 0.05) is 30.9 Å². The smallest absolute Gasteiger partial charge is 0.274 e. The van der Waals surface area contributed by atoms with Crippen LogP contribution in [-0.2, 0) is 13.0 Å². The number of hydrogen-bond donors (Lipinski definition) is 1. The summed E-state index contributed by atoms with van der Waals surface area (Å²) in [6.45, 7) is 2.18. The van der Waals surface area contributed by atoms with Crippen molar-refractivity contribution in [3.63, 3.8) is 0 Å². The normalized spacial score (nSPS) is 12.3. The molecule has 0 aliphatic rings. The summed E-state index contributed by atoms with van der Waals surface area (Å²) >= 11 is 0. The highest BCUT2D eigenvalue weighted by atomic mass is 19.1. The molecule has 0 amide bonds. The van der Waals surface area contributed by atoms with Gasteiger partial charge in [0.25, 0.3) is 5.69 Å². The zero-order valence-corrected chi connectivity index (χ0v) is 11.7. The van der Waals surface area contributed by atoms with E-state index in [-0.39, 0.29) is 18.3 Å². The number of benzene rings is 1. The van der Waals surface area contributed by atoms with Crippen LogP contribution in [0.5, 0.6) is 0 Å². The van der Waals surface area contributed by atoms with E-state index in [1.807, 2.05) is 6.92 Å². The van der Waals surface area contributed by atoms with Gasteiger partial charge in [0.1, 0.15) is 11.6 Å². The minimum atomic E-state index is -0.511. The van der Waals surface area contributed by atoms with Crippen molar-refractivity contribution in [2.45, 2.75) is 32.4 Å². The summed E-state index contributed by atoms with van der Waals surface area (Å²) in [5.74, 6) is 0.241. The van der Waals surface area contributed by atoms with Gasteiger partial charge in [-0.15, -0.1) is 0 Å². The topological polar surface area (TPSA) is 87.0 Å². The number of rotatable bonds is 6. The number of aromatic nitrogens is 2. The molecule has 0 saturated heterocycles. The molecular weight excluding hydrogens is 275 g/mol. The summed E-state index contributed by atoms with van der Waals surface area (Å²) in [5.41, 5.74) is 6.12. The molecule has 0 spiro atoms. The van der Waals surface area contributed by atoms with Crippen molar-refractivity contribution in [1.29, 1.82) is 0 Å². The molecule has 1 aromatic heterocycles. The Kier molecular flexibility index (Phi) is 4.64. The van der Waals surface area contributed by atoms with Gasteiger partial charge in [-0.1, -0.05) is 6.92 Å². The lowest BCUT2D eigenvalue weighted by atomic mass is 10.1. The number of hydrogen-bond acceptors (Lipinski definition) is 4. The third kappa shape index (κ3) is 3.63. The molecule has 21 heavy (non-hydrogen) atoms. The van der Waals surface area contributed by atoms with Crippen LogP contribution in [0.25, 0.3) is 0 Å². The lowest BCUT2D eigenvalue weighted by Gasteiger charge is -2.11. The van der Waals surface area contributed by atoms with Gasteiger partial charge in [-0.05, 0) is 18.6 Å². The molecule has 1 aromatic carbocycles. The van der Waals surface area contributed by atoms with E-state index in [1.165, 1.54) is 12.1 Å². The Labute approximate surface area is 121 Å². The van der Waals surface area contributed by atoms with Crippen LogP contribution in [0.4, 0.5) is 10.1 Å². The molecule has 0 bridgehead atoms. The molecule has 0 aliphatic carbocycles. The minimum absolute atomic E-state index is 0.0198. The summed E-state index contributed by atoms with van der Waals surface area (Å²) in [6, 6.07) is 3.43. The predicted octanol–water partition coefficient (Wildman–Crippen LogP) is 2.26. The maximum absolute atomic E-state index is 13.3. The van der Waals surface area contributed by atoms with Crippen LogP contribution in [0.1, 0.15) is 24.7 Å². The molecule has 0 radical (unpaired) electrons. The zero-order valence-electron chi connectivity index (χ0n) is 11.7. The molecule has 2 aromatic rings. The first kappa shape index (κ1) is 15.1. The van der Waals surface area contributed by atoms with Crippen LogP contribution < -0.4 is 5.73 Å². The van der Waals surface area contributed by atoms with E-state index >= 15 is 0 Å². The Morgan fingerprint density at radius 2 is 2.29 bits per heavy atom. The second-order valence-corrected chi connectivity index (χ2v) is 4.87. The number of halogens is 1. The molecule has 112 valence electrons. The van der Waals surface area contributed by atoms with Crippen LogP contribution in [0.2, 0.25) is 0 Å². The van der Waals surface area contributed by atoms with Gasteiger partial charge in [-0.2, -0.15) is 0 Å². The Morgan fingerprint density at radius 1 is 1.52 bits per heavy atom. The maximum Gasteiger partial charge on any atom is 0.274 e. The quantitative estimate of drug-likeness (QED) is 0.653. The average Bonchev–Trinajstić information content (AvgIpc) is 2.85. The average molecular weight is 292 g/mol. The fourth-order valence-corrected chi connectivity index (χ4v) is 2.10. The van der Waals surface area contributed by atoms with Gasteiger partial charge in [0.2, 0.25) is 0 Å². The summed E-state index contributed by atoms with van der Waals surface area (Å²) in [5, 5.41) is 11.0. The Bertz CT molecular complexity index is 642. The van der Waals surface area contributed by atoms with E-state index in [9.17, 15) is 14.5 Å². The van der Waals surface area contributed by atoms with Crippen molar-refractivity contribution >= 4 is 5.69 Å². The summed E-state index contributed by atoms with van der Waals surface area (Å²) in [7, 11) is 0. The zero-order chi connectivity index (χ0) is 15.4. The number of nitrogens with two attached hydrogens (primary N) is 1.